The smallest absolute Gasteiger partial charge is 0.181 e. The van der Waals surface area contributed by atoms with Gasteiger partial charge in [0.25, 0.3) is 0 Å². The van der Waals surface area contributed by atoms with Gasteiger partial charge in [0, 0.05) is 11.6 Å². The summed E-state index contributed by atoms with van der Waals surface area (Å²) in [4.78, 5) is 0.390. The van der Waals surface area contributed by atoms with E-state index < -0.39 is 6.10 Å². The van der Waals surface area contributed by atoms with Crippen molar-refractivity contribution in [3.05, 3.63) is 52.0 Å². The van der Waals surface area contributed by atoms with Gasteiger partial charge in [-0.25, -0.2) is 4.39 Å². The van der Waals surface area contributed by atoms with Gasteiger partial charge in [0.2, 0.25) is 0 Å². The zero-order chi connectivity index (χ0) is 11.5. The van der Waals surface area contributed by atoms with E-state index in [2.05, 4.69) is 0 Å². The highest BCUT2D eigenvalue weighted by Crippen LogP contribution is 2.14. The van der Waals surface area contributed by atoms with Crippen LogP contribution in [0, 0.1) is 11.2 Å². The van der Waals surface area contributed by atoms with E-state index in [0.717, 1.165) is 0 Å². The van der Waals surface area contributed by atoms with Gasteiger partial charge < -0.3 is 9.67 Å². The summed E-state index contributed by atoms with van der Waals surface area (Å²) >= 11 is 1.30. The number of benzene rings is 1. The average molecular weight is 238 g/mol. The Hall–Kier alpha value is -1.46. The molecule has 0 saturated carbocycles. The highest BCUT2D eigenvalue weighted by atomic mass is 32.1. The highest BCUT2D eigenvalue weighted by molar-refractivity contribution is 7.06. The van der Waals surface area contributed by atoms with Crippen molar-refractivity contribution in [2.24, 2.45) is 0 Å². The molecule has 5 heteroatoms. The first kappa shape index (κ1) is 11.0. The molecule has 0 spiro atoms. The fourth-order valence-electron chi connectivity index (χ4n) is 1.42. The number of rotatable bonds is 3. The minimum Gasteiger partial charge on any atom is -0.387 e. The fraction of sp³-hybridized carbons (Fsp3) is 0.182. The fourth-order valence-corrected chi connectivity index (χ4v) is 2.03. The molecule has 2 rings (SSSR count). The minimum atomic E-state index is -0.718. The maximum atomic E-state index is 12.7. The van der Waals surface area contributed by atoms with Crippen molar-refractivity contribution < 1.29 is 9.50 Å². The second-order valence-electron chi connectivity index (χ2n) is 3.43. The standard InChI is InChI=1S/C11H11FN2OS/c12-9-3-1-8(2-4-9)10(15)7-14-5-6-16-11(14)13/h1-6,10,13,15H,7H2. The summed E-state index contributed by atoms with van der Waals surface area (Å²) in [6.45, 7) is 0.313. The maximum Gasteiger partial charge on any atom is 0.181 e. The number of aliphatic hydroxyl groups excluding tert-OH is 1. The molecular formula is C11H11FN2OS. The lowest BCUT2D eigenvalue weighted by molar-refractivity contribution is 0.155. The maximum absolute atomic E-state index is 12.7. The van der Waals surface area contributed by atoms with E-state index in [9.17, 15) is 9.50 Å². The van der Waals surface area contributed by atoms with E-state index in [1.165, 1.54) is 23.5 Å². The second-order valence-corrected chi connectivity index (χ2v) is 4.32. The van der Waals surface area contributed by atoms with Crippen molar-refractivity contribution in [3.8, 4) is 0 Å². The van der Waals surface area contributed by atoms with Gasteiger partial charge in [-0.2, -0.15) is 0 Å². The van der Waals surface area contributed by atoms with Crippen LogP contribution in [0.3, 0.4) is 0 Å². The lowest BCUT2D eigenvalue weighted by atomic mass is 10.1. The Morgan fingerprint density at radius 2 is 2.06 bits per heavy atom. The van der Waals surface area contributed by atoms with Crippen LogP contribution in [0.15, 0.2) is 35.8 Å². The van der Waals surface area contributed by atoms with Crippen LogP contribution in [-0.4, -0.2) is 9.67 Å². The van der Waals surface area contributed by atoms with Crippen LogP contribution in [0.25, 0.3) is 0 Å². The number of halogens is 1. The molecule has 0 radical (unpaired) electrons. The number of nitrogens with zero attached hydrogens (tertiary/aromatic N) is 1. The van der Waals surface area contributed by atoms with Crippen LogP contribution in [-0.2, 0) is 6.54 Å². The molecule has 16 heavy (non-hydrogen) atoms. The van der Waals surface area contributed by atoms with Gasteiger partial charge in [0.1, 0.15) is 5.82 Å². The molecule has 0 aliphatic carbocycles. The largest absolute Gasteiger partial charge is 0.387 e. The van der Waals surface area contributed by atoms with E-state index >= 15 is 0 Å². The van der Waals surface area contributed by atoms with E-state index in [1.54, 1.807) is 28.3 Å². The predicted octanol–water partition coefficient (Wildman–Crippen LogP) is 1.90. The predicted molar refractivity (Wildman–Crippen MR) is 59.5 cm³/mol. The third-order valence-electron chi connectivity index (χ3n) is 2.31. The molecule has 0 saturated heterocycles. The summed E-state index contributed by atoms with van der Waals surface area (Å²) in [6.07, 6.45) is 1.03. The summed E-state index contributed by atoms with van der Waals surface area (Å²) in [5.41, 5.74) is 0.652. The lowest BCUT2D eigenvalue weighted by Crippen LogP contribution is -2.17. The Labute approximate surface area is 95.9 Å². The first-order chi connectivity index (χ1) is 7.66. The van der Waals surface area contributed by atoms with Crippen molar-refractivity contribution in [1.29, 1.82) is 5.41 Å². The van der Waals surface area contributed by atoms with Crippen LogP contribution < -0.4 is 4.80 Å². The van der Waals surface area contributed by atoms with E-state index in [0.29, 0.717) is 16.9 Å². The third-order valence-corrected chi connectivity index (χ3v) is 3.02. The molecule has 1 atom stereocenters. The first-order valence-corrected chi connectivity index (χ1v) is 5.67. The van der Waals surface area contributed by atoms with Crippen LogP contribution in [0.1, 0.15) is 11.7 Å². The van der Waals surface area contributed by atoms with E-state index in [4.69, 9.17) is 5.41 Å². The SMILES string of the molecule is N=c1sccn1CC(O)c1ccc(F)cc1. The Morgan fingerprint density at radius 1 is 1.38 bits per heavy atom. The molecule has 2 aromatic rings. The average Bonchev–Trinajstić information content (AvgIpc) is 2.65. The van der Waals surface area contributed by atoms with Crippen LogP contribution in [0.5, 0.6) is 0 Å². The summed E-state index contributed by atoms with van der Waals surface area (Å²) in [6, 6.07) is 5.74. The molecule has 0 amide bonds. The molecule has 0 fully saturated rings. The topological polar surface area (TPSA) is 49.0 Å². The number of hydrogen-bond donors (Lipinski definition) is 2. The Kier molecular flexibility index (Phi) is 3.17. The molecule has 3 nitrogen and oxygen atoms in total. The van der Waals surface area contributed by atoms with Crippen LogP contribution >= 0.6 is 11.3 Å². The van der Waals surface area contributed by atoms with Crippen molar-refractivity contribution in [2.45, 2.75) is 12.6 Å². The Bertz CT molecular complexity index is 517. The molecule has 0 aliphatic rings. The molecule has 0 bridgehead atoms. The van der Waals surface area contributed by atoms with Gasteiger partial charge in [-0.1, -0.05) is 12.1 Å². The minimum absolute atomic E-state index is 0.313. The molecule has 1 unspecified atom stereocenters. The number of aliphatic hydroxyl groups is 1. The number of thiazole rings is 1. The Balaban J connectivity index is 2.14. The highest BCUT2D eigenvalue weighted by Gasteiger charge is 2.08. The number of nitrogens with one attached hydrogen (secondary N) is 1. The first-order valence-electron chi connectivity index (χ1n) is 4.79. The van der Waals surface area contributed by atoms with Gasteiger partial charge in [0.15, 0.2) is 4.80 Å². The molecule has 0 aliphatic heterocycles. The zero-order valence-electron chi connectivity index (χ0n) is 8.43. The van der Waals surface area contributed by atoms with Gasteiger partial charge in [-0.05, 0) is 17.7 Å². The van der Waals surface area contributed by atoms with Crippen molar-refractivity contribution in [1.82, 2.24) is 4.57 Å². The van der Waals surface area contributed by atoms with E-state index in [1.807, 2.05) is 0 Å². The number of aromatic nitrogens is 1. The monoisotopic (exact) mass is 238 g/mol. The molecule has 1 heterocycles. The molecule has 1 aromatic heterocycles. The molecule has 1 aromatic carbocycles. The van der Waals surface area contributed by atoms with Crippen molar-refractivity contribution in [3.63, 3.8) is 0 Å². The zero-order valence-corrected chi connectivity index (χ0v) is 9.25. The Morgan fingerprint density at radius 3 is 2.62 bits per heavy atom. The summed E-state index contributed by atoms with van der Waals surface area (Å²) in [5, 5.41) is 19.2. The van der Waals surface area contributed by atoms with Crippen molar-refractivity contribution in [2.75, 3.05) is 0 Å². The van der Waals surface area contributed by atoms with Gasteiger partial charge in [0.05, 0.1) is 12.6 Å². The van der Waals surface area contributed by atoms with Crippen molar-refractivity contribution >= 4 is 11.3 Å². The summed E-state index contributed by atoms with van der Waals surface area (Å²) in [7, 11) is 0. The third kappa shape index (κ3) is 2.37. The second kappa shape index (κ2) is 4.59. The van der Waals surface area contributed by atoms with Gasteiger partial charge in [-0.15, -0.1) is 11.3 Å². The summed E-state index contributed by atoms with van der Waals surface area (Å²) in [5.74, 6) is -0.319. The van der Waals surface area contributed by atoms with Crippen LogP contribution in [0.4, 0.5) is 4.39 Å². The van der Waals surface area contributed by atoms with Gasteiger partial charge >= 0.3 is 0 Å². The molecule has 84 valence electrons. The van der Waals surface area contributed by atoms with Crippen LogP contribution in [0.2, 0.25) is 0 Å². The lowest BCUT2D eigenvalue weighted by Gasteiger charge is -2.11. The quantitative estimate of drug-likeness (QED) is 0.843. The van der Waals surface area contributed by atoms with Gasteiger partial charge in [-0.3, -0.25) is 5.41 Å². The van der Waals surface area contributed by atoms with E-state index in [-0.39, 0.29) is 5.82 Å². The molecular weight excluding hydrogens is 227 g/mol. The normalized spacial score (nSPS) is 12.6. The molecule has 2 N–H and O–H groups in total. The summed E-state index contributed by atoms with van der Waals surface area (Å²) < 4.78 is 14.3. The number of hydrogen-bond acceptors (Lipinski definition) is 3.